The van der Waals surface area contributed by atoms with Crippen molar-refractivity contribution < 1.29 is 0 Å². The van der Waals surface area contributed by atoms with Crippen LogP contribution >= 0.6 is 0 Å². The van der Waals surface area contributed by atoms with Crippen LogP contribution in [0.2, 0.25) is 0 Å². The highest BCUT2D eigenvalue weighted by atomic mass is 16.2. The molecule has 0 bridgehead atoms. The maximum absolute atomic E-state index is 11.9. The summed E-state index contributed by atoms with van der Waals surface area (Å²) < 4.78 is 2.75. The molecule has 0 amide bonds. The fourth-order valence-electron chi connectivity index (χ4n) is 1.91. The number of aromatic amines is 1. The molecule has 0 aromatic carbocycles. The van der Waals surface area contributed by atoms with Gasteiger partial charge < -0.3 is 0 Å². The number of fused-ring (bicyclic) bond motifs is 1. The van der Waals surface area contributed by atoms with Crippen molar-refractivity contribution in [3.8, 4) is 0 Å². The first-order chi connectivity index (χ1) is 7.68. The van der Waals surface area contributed by atoms with Gasteiger partial charge in [-0.2, -0.15) is 5.10 Å². The SMILES string of the molecule is Cn1c(=O)c2cn[nH]c2n(CC2CC2)c1=O. The van der Waals surface area contributed by atoms with Crippen LogP contribution in [0, 0.1) is 5.92 Å². The third-order valence-electron chi connectivity index (χ3n) is 3.08. The number of nitrogens with zero attached hydrogens (tertiary/aromatic N) is 3. The Morgan fingerprint density at radius 1 is 1.50 bits per heavy atom. The molecule has 2 aromatic heterocycles. The lowest BCUT2D eigenvalue weighted by Crippen LogP contribution is -2.38. The molecule has 0 saturated heterocycles. The number of hydrogen-bond donors (Lipinski definition) is 1. The van der Waals surface area contributed by atoms with E-state index in [0.29, 0.717) is 23.5 Å². The molecule has 0 aliphatic heterocycles. The second kappa shape index (κ2) is 3.07. The van der Waals surface area contributed by atoms with Crippen LogP contribution in [-0.4, -0.2) is 19.3 Å². The maximum atomic E-state index is 11.9. The number of nitrogens with one attached hydrogen (secondary N) is 1. The Hall–Kier alpha value is -1.85. The summed E-state index contributed by atoms with van der Waals surface area (Å²) in [5.41, 5.74) is -0.0190. The van der Waals surface area contributed by atoms with Crippen LogP contribution in [0.15, 0.2) is 15.8 Å². The fraction of sp³-hybridized carbons (Fsp3) is 0.500. The minimum Gasteiger partial charge on any atom is -0.277 e. The molecule has 1 fully saturated rings. The molecule has 1 aliphatic carbocycles. The van der Waals surface area contributed by atoms with Crippen molar-refractivity contribution in [2.45, 2.75) is 19.4 Å². The van der Waals surface area contributed by atoms with Crippen LogP contribution in [-0.2, 0) is 13.6 Å². The van der Waals surface area contributed by atoms with Crippen LogP contribution in [0.5, 0.6) is 0 Å². The van der Waals surface area contributed by atoms with E-state index in [9.17, 15) is 9.59 Å². The van der Waals surface area contributed by atoms with Crippen molar-refractivity contribution in [2.24, 2.45) is 13.0 Å². The molecule has 6 nitrogen and oxygen atoms in total. The van der Waals surface area contributed by atoms with E-state index in [4.69, 9.17) is 0 Å². The van der Waals surface area contributed by atoms with Crippen molar-refractivity contribution in [3.63, 3.8) is 0 Å². The molecule has 2 aromatic rings. The third kappa shape index (κ3) is 1.22. The van der Waals surface area contributed by atoms with Crippen LogP contribution in [0.3, 0.4) is 0 Å². The largest absolute Gasteiger partial charge is 0.332 e. The van der Waals surface area contributed by atoms with Gasteiger partial charge in [-0.1, -0.05) is 0 Å². The zero-order valence-electron chi connectivity index (χ0n) is 8.93. The molecule has 0 unspecified atom stereocenters. The van der Waals surface area contributed by atoms with E-state index in [1.807, 2.05) is 0 Å². The first kappa shape index (κ1) is 9.38. The van der Waals surface area contributed by atoms with Gasteiger partial charge in [0.1, 0.15) is 11.0 Å². The van der Waals surface area contributed by atoms with Gasteiger partial charge in [0.15, 0.2) is 0 Å². The molecule has 0 atom stereocenters. The highest BCUT2D eigenvalue weighted by Gasteiger charge is 2.24. The van der Waals surface area contributed by atoms with E-state index in [0.717, 1.165) is 17.4 Å². The van der Waals surface area contributed by atoms with E-state index in [1.54, 1.807) is 4.57 Å². The maximum Gasteiger partial charge on any atom is 0.332 e. The van der Waals surface area contributed by atoms with Crippen LogP contribution in [0.25, 0.3) is 11.0 Å². The molecule has 3 rings (SSSR count). The van der Waals surface area contributed by atoms with E-state index < -0.39 is 0 Å². The Morgan fingerprint density at radius 2 is 2.25 bits per heavy atom. The number of H-pyrrole nitrogens is 1. The molecule has 0 spiro atoms. The highest BCUT2D eigenvalue weighted by Crippen LogP contribution is 2.30. The molecule has 0 radical (unpaired) electrons. The van der Waals surface area contributed by atoms with Crippen molar-refractivity contribution >= 4 is 11.0 Å². The Kier molecular flexibility index (Phi) is 1.80. The van der Waals surface area contributed by atoms with Gasteiger partial charge in [-0.25, -0.2) is 4.79 Å². The topological polar surface area (TPSA) is 72.7 Å². The van der Waals surface area contributed by atoms with Crippen LogP contribution < -0.4 is 11.2 Å². The van der Waals surface area contributed by atoms with E-state index >= 15 is 0 Å². The number of rotatable bonds is 2. The normalized spacial score (nSPS) is 15.8. The van der Waals surface area contributed by atoms with Crippen molar-refractivity contribution in [1.29, 1.82) is 0 Å². The summed E-state index contributed by atoms with van der Waals surface area (Å²) in [6.07, 6.45) is 3.79. The van der Waals surface area contributed by atoms with Gasteiger partial charge in [0, 0.05) is 13.6 Å². The standard InChI is InChI=1S/C10H12N4O2/c1-13-9(15)7-4-11-12-8(7)14(10(13)16)5-6-2-3-6/h4,6H,2-3,5H2,1H3,(H,11,12). The highest BCUT2D eigenvalue weighted by molar-refractivity contribution is 5.72. The zero-order chi connectivity index (χ0) is 11.3. The van der Waals surface area contributed by atoms with Gasteiger partial charge in [0.2, 0.25) is 0 Å². The summed E-state index contributed by atoms with van der Waals surface area (Å²) in [5.74, 6) is 0.571. The van der Waals surface area contributed by atoms with Gasteiger partial charge in [0.25, 0.3) is 5.56 Å². The first-order valence-corrected chi connectivity index (χ1v) is 5.31. The van der Waals surface area contributed by atoms with Gasteiger partial charge in [-0.15, -0.1) is 0 Å². The summed E-state index contributed by atoms with van der Waals surface area (Å²) in [4.78, 5) is 23.7. The van der Waals surface area contributed by atoms with Crippen LogP contribution in [0.4, 0.5) is 0 Å². The molecule has 16 heavy (non-hydrogen) atoms. The quantitative estimate of drug-likeness (QED) is 0.763. The van der Waals surface area contributed by atoms with Crippen molar-refractivity contribution in [1.82, 2.24) is 19.3 Å². The monoisotopic (exact) mass is 220 g/mol. The summed E-state index contributed by atoms with van der Waals surface area (Å²) in [6.45, 7) is 0.672. The minimum absolute atomic E-state index is 0.270. The van der Waals surface area contributed by atoms with Crippen molar-refractivity contribution in [2.75, 3.05) is 0 Å². The lowest BCUT2D eigenvalue weighted by atomic mass is 10.3. The van der Waals surface area contributed by atoms with Crippen molar-refractivity contribution in [3.05, 3.63) is 27.0 Å². The fourth-order valence-corrected chi connectivity index (χ4v) is 1.91. The third-order valence-corrected chi connectivity index (χ3v) is 3.08. The minimum atomic E-state index is -0.291. The lowest BCUT2D eigenvalue weighted by Gasteiger charge is -2.07. The predicted molar refractivity (Wildman–Crippen MR) is 58.3 cm³/mol. The zero-order valence-corrected chi connectivity index (χ0v) is 8.93. The summed E-state index contributed by atoms with van der Waals surface area (Å²) in [7, 11) is 1.50. The molecule has 6 heteroatoms. The summed E-state index contributed by atoms with van der Waals surface area (Å²) >= 11 is 0. The molecule has 84 valence electrons. The Morgan fingerprint density at radius 3 is 2.94 bits per heavy atom. The molecule has 1 aliphatic rings. The van der Waals surface area contributed by atoms with Gasteiger partial charge in [-0.3, -0.25) is 19.0 Å². The number of aromatic nitrogens is 4. The Labute approximate surface area is 90.5 Å². The predicted octanol–water partition coefficient (Wildman–Crippen LogP) is -0.167. The molecule has 1 N–H and O–H groups in total. The lowest BCUT2D eigenvalue weighted by molar-refractivity contribution is 0.577. The Balaban J connectivity index is 2.35. The second-order valence-electron chi connectivity index (χ2n) is 4.33. The Bertz CT molecular complexity index is 659. The smallest absolute Gasteiger partial charge is 0.277 e. The van der Waals surface area contributed by atoms with Gasteiger partial charge >= 0.3 is 5.69 Å². The number of hydrogen-bond acceptors (Lipinski definition) is 3. The molecular weight excluding hydrogens is 208 g/mol. The van der Waals surface area contributed by atoms with Crippen LogP contribution in [0.1, 0.15) is 12.8 Å². The summed E-state index contributed by atoms with van der Waals surface area (Å²) in [6, 6.07) is 0. The average molecular weight is 220 g/mol. The molecular formula is C10H12N4O2. The van der Waals surface area contributed by atoms with E-state index in [-0.39, 0.29) is 11.2 Å². The van der Waals surface area contributed by atoms with E-state index in [2.05, 4.69) is 10.2 Å². The first-order valence-electron chi connectivity index (χ1n) is 5.31. The summed E-state index contributed by atoms with van der Waals surface area (Å²) in [5, 5.41) is 7.04. The van der Waals surface area contributed by atoms with Gasteiger partial charge in [-0.05, 0) is 18.8 Å². The molecule has 2 heterocycles. The van der Waals surface area contributed by atoms with E-state index in [1.165, 1.54) is 13.2 Å². The average Bonchev–Trinajstić information content (AvgIpc) is 2.96. The van der Waals surface area contributed by atoms with Gasteiger partial charge in [0.05, 0.1) is 6.20 Å². The second-order valence-corrected chi connectivity index (χ2v) is 4.33. The molecule has 1 saturated carbocycles.